The average molecular weight is 190 g/mol. The Hall–Kier alpha value is -1.45. The highest BCUT2D eigenvalue weighted by atomic mass is 15.5. The predicted molar refractivity (Wildman–Crippen MR) is 58.7 cm³/mol. The highest BCUT2D eigenvalue weighted by Gasteiger charge is 2.21. The number of rotatable bonds is 0. The van der Waals surface area contributed by atoms with E-state index in [9.17, 15) is 0 Å². The summed E-state index contributed by atoms with van der Waals surface area (Å²) in [6.07, 6.45) is 5.66. The summed E-state index contributed by atoms with van der Waals surface area (Å²) in [6.45, 7) is 7.15. The van der Waals surface area contributed by atoms with Gasteiger partial charge in [0.2, 0.25) is 0 Å². The summed E-state index contributed by atoms with van der Waals surface area (Å²) in [6, 6.07) is 0. The maximum atomic E-state index is 4.50. The lowest BCUT2D eigenvalue weighted by atomic mass is 9.90. The summed E-state index contributed by atoms with van der Waals surface area (Å²) in [4.78, 5) is 0. The third-order valence-electron chi connectivity index (χ3n) is 2.13. The van der Waals surface area contributed by atoms with Crippen LogP contribution < -0.4 is 0 Å². The van der Waals surface area contributed by atoms with Crippen molar-refractivity contribution in [2.24, 2.45) is 20.7 Å². The van der Waals surface area contributed by atoms with Gasteiger partial charge in [0.05, 0.1) is 18.0 Å². The molecule has 2 rings (SSSR count). The van der Waals surface area contributed by atoms with Crippen molar-refractivity contribution >= 4 is 17.8 Å². The summed E-state index contributed by atoms with van der Waals surface area (Å²) in [5.74, 6) is 0. The molecule has 4 nitrogen and oxygen atoms in total. The summed E-state index contributed by atoms with van der Waals surface area (Å²) in [7, 11) is 0. The number of allylic oxidation sites excluding steroid dienone is 1. The third kappa shape index (κ3) is 1.73. The van der Waals surface area contributed by atoms with E-state index < -0.39 is 0 Å². The monoisotopic (exact) mass is 190 g/mol. The van der Waals surface area contributed by atoms with Gasteiger partial charge in [-0.1, -0.05) is 20.8 Å². The zero-order chi connectivity index (χ0) is 10.2. The molecule has 0 aromatic rings. The van der Waals surface area contributed by atoms with E-state index in [0.717, 1.165) is 18.0 Å². The van der Waals surface area contributed by atoms with Crippen molar-refractivity contribution in [3.63, 3.8) is 0 Å². The minimum absolute atomic E-state index is 0.0579. The van der Waals surface area contributed by atoms with Crippen LogP contribution in [0.3, 0.4) is 0 Å². The van der Waals surface area contributed by atoms with E-state index in [1.807, 2.05) is 17.2 Å². The molecule has 0 amide bonds. The van der Waals surface area contributed by atoms with Crippen molar-refractivity contribution < 1.29 is 0 Å². The predicted octanol–water partition coefficient (Wildman–Crippen LogP) is 1.66. The van der Waals surface area contributed by atoms with Crippen molar-refractivity contribution in [2.75, 3.05) is 6.54 Å². The molecule has 2 heterocycles. The van der Waals surface area contributed by atoms with Crippen LogP contribution in [0, 0.1) is 5.41 Å². The number of hydrogen-bond donors (Lipinski definition) is 0. The third-order valence-corrected chi connectivity index (χ3v) is 2.13. The van der Waals surface area contributed by atoms with Gasteiger partial charge in [0.1, 0.15) is 6.34 Å². The zero-order valence-electron chi connectivity index (χ0n) is 8.73. The molecule has 0 fully saturated rings. The van der Waals surface area contributed by atoms with Gasteiger partial charge in [-0.2, -0.15) is 10.2 Å². The summed E-state index contributed by atoms with van der Waals surface area (Å²) in [5, 5.41) is 14.2. The van der Waals surface area contributed by atoms with Crippen LogP contribution in [-0.2, 0) is 0 Å². The summed E-state index contributed by atoms with van der Waals surface area (Å²) >= 11 is 0. The molecule has 0 unspecified atom stereocenters. The van der Waals surface area contributed by atoms with E-state index in [1.54, 1.807) is 6.34 Å². The van der Waals surface area contributed by atoms with Crippen LogP contribution in [0.5, 0.6) is 0 Å². The largest absolute Gasteiger partial charge is 0.246 e. The molecule has 2 bridgehead atoms. The van der Waals surface area contributed by atoms with E-state index in [2.05, 4.69) is 36.1 Å². The van der Waals surface area contributed by atoms with E-state index in [1.165, 1.54) is 0 Å². The van der Waals surface area contributed by atoms with Crippen LogP contribution in [-0.4, -0.2) is 29.3 Å². The highest BCUT2D eigenvalue weighted by Crippen LogP contribution is 2.19. The fraction of sp³-hybridized carbons (Fsp3) is 0.500. The molecule has 0 atom stereocenters. The van der Waals surface area contributed by atoms with Crippen LogP contribution in [0.25, 0.3) is 0 Å². The molecular weight excluding hydrogens is 176 g/mol. The maximum absolute atomic E-state index is 4.50. The molecule has 2 aliphatic heterocycles. The van der Waals surface area contributed by atoms with Crippen LogP contribution in [0.4, 0.5) is 0 Å². The molecule has 0 spiro atoms. The van der Waals surface area contributed by atoms with Gasteiger partial charge in [-0.3, -0.25) is 0 Å². The standard InChI is InChI=1S/C10H14N4/c1-10(2,3)9-5-4-8-6-14(13-9)7-11-12-8/h4-5,7H,6H2,1-3H3. The lowest BCUT2D eigenvalue weighted by Crippen LogP contribution is -2.27. The smallest absolute Gasteiger partial charge is 0.134 e. The SMILES string of the molecule is CC(C)(C)C1=NN2C=NN=C(C=C1)C2. The van der Waals surface area contributed by atoms with Gasteiger partial charge in [0.25, 0.3) is 0 Å². The van der Waals surface area contributed by atoms with Gasteiger partial charge in [0, 0.05) is 5.41 Å². The Bertz CT molecular complexity index is 355. The second kappa shape index (κ2) is 3.04. The van der Waals surface area contributed by atoms with Crippen molar-refractivity contribution in [2.45, 2.75) is 20.8 Å². The number of hydrogen-bond acceptors (Lipinski definition) is 4. The zero-order valence-corrected chi connectivity index (χ0v) is 8.73. The highest BCUT2D eigenvalue weighted by molar-refractivity contribution is 6.08. The van der Waals surface area contributed by atoms with Crippen LogP contribution in [0.2, 0.25) is 0 Å². The molecule has 0 aromatic heterocycles. The Labute approximate surface area is 83.7 Å². The quantitative estimate of drug-likeness (QED) is 0.572. The Morgan fingerprint density at radius 2 is 2.07 bits per heavy atom. The topological polar surface area (TPSA) is 40.3 Å². The number of fused-ring (bicyclic) bond motifs is 2. The molecular formula is C10H14N4. The molecule has 0 aliphatic carbocycles. The first kappa shape index (κ1) is 9.12. The molecule has 2 aliphatic rings. The van der Waals surface area contributed by atoms with Gasteiger partial charge in [-0.25, -0.2) is 5.01 Å². The Morgan fingerprint density at radius 3 is 2.79 bits per heavy atom. The Balaban J connectivity index is 2.37. The molecule has 74 valence electrons. The fourth-order valence-electron chi connectivity index (χ4n) is 1.29. The molecule has 4 heteroatoms. The first-order chi connectivity index (χ1) is 6.55. The lowest BCUT2D eigenvalue weighted by molar-refractivity contribution is 0.494. The minimum Gasteiger partial charge on any atom is -0.246 e. The first-order valence-electron chi connectivity index (χ1n) is 4.69. The Morgan fingerprint density at radius 1 is 1.29 bits per heavy atom. The van der Waals surface area contributed by atoms with Crippen LogP contribution >= 0.6 is 0 Å². The van der Waals surface area contributed by atoms with Crippen molar-refractivity contribution in [3.05, 3.63) is 12.2 Å². The van der Waals surface area contributed by atoms with Crippen molar-refractivity contribution in [3.8, 4) is 0 Å². The van der Waals surface area contributed by atoms with E-state index in [-0.39, 0.29) is 5.41 Å². The molecule has 14 heavy (non-hydrogen) atoms. The molecule has 0 aromatic carbocycles. The average Bonchev–Trinajstić information content (AvgIpc) is 2.24. The van der Waals surface area contributed by atoms with Gasteiger partial charge in [-0.15, -0.1) is 5.10 Å². The first-order valence-corrected chi connectivity index (χ1v) is 4.69. The Kier molecular flexibility index (Phi) is 1.98. The molecule has 0 N–H and O–H groups in total. The van der Waals surface area contributed by atoms with E-state index in [4.69, 9.17) is 0 Å². The summed E-state index contributed by atoms with van der Waals surface area (Å²) < 4.78 is 0. The fourth-order valence-corrected chi connectivity index (χ4v) is 1.29. The molecule has 0 saturated carbocycles. The van der Waals surface area contributed by atoms with Crippen molar-refractivity contribution in [1.82, 2.24) is 5.01 Å². The van der Waals surface area contributed by atoms with Crippen LogP contribution in [0.1, 0.15) is 20.8 Å². The maximum Gasteiger partial charge on any atom is 0.134 e. The van der Waals surface area contributed by atoms with Crippen LogP contribution in [0.15, 0.2) is 27.5 Å². The molecule has 0 radical (unpaired) electrons. The normalized spacial score (nSPS) is 20.4. The number of hydrazone groups is 1. The van der Waals surface area contributed by atoms with Gasteiger partial charge in [0.15, 0.2) is 0 Å². The summed E-state index contributed by atoms with van der Waals surface area (Å²) in [5.41, 5.74) is 2.06. The number of nitrogens with zero attached hydrogens (tertiary/aromatic N) is 4. The lowest BCUT2D eigenvalue weighted by Gasteiger charge is -2.20. The van der Waals surface area contributed by atoms with Crippen molar-refractivity contribution in [1.29, 1.82) is 0 Å². The molecule has 0 saturated heterocycles. The van der Waals surface area contributed by atoms with E-state index in [0.29, 0.717) is 0 Å². The van der Waals surface area contributed by atoms with Gasteiger partial charge in [-0.05, 0) is 12.2 Å². The van der Waals surface area contributed by atoms with Gasteiger partial charge >= 0.3 is 0 Å². The minimum atomic E-state index is 0.0579. The van der Waals surface area contributed by atoms with Gasteiger partial charge < -0.3 is 0 Å². The second-order valence-electron chi connectivity index (χ2n) is 4.49. The van der Waals surface area contributed by atoms with E-state index >= 15 is 0 Å². The second-order valence-corrected chi connectivity index (χ2v) is 4.49.